The molecule has 0 aliphatic rings. The Kier molecular flexibility index (Phi) is 6.76. The first-order valence-corrected chi connectivity index (χ1v) is 6.63. The van der Waals surface area contributed by atoms with Crippen LogP contribution in [0.4, 0.5) is 0 Å². The molecule has 0 bridgehead atoms. The van der Waals surface area contributed by atoms with Gasteiger partial charge in [-0.25, -0.2) is 4.98 Å². The van der Waals surface area contributed by atoms with Crippen molar-refractivity contribution in [2.75, 3.05) is 6.61 Å². The summed E-state index contributed by atoms with van der Waals surface area (Å²) < 4.78 is 5.57. The van der Waals surface area contributed by atoms with Gasteiger partial charge in [0.2, 0.25) is 5.88 Å². The maximum absolute atomic E-state index is 6.09. The molecule has 1 N–H and O–H groups in total. The Balaban J connectivity index is 2.53. The van der Waals surface area contributed by atoms with E-state index in [4.69, 9.17) is 16.3 Å². The second kappa shape index (κ2) is 8.11. The first-order valence-electron chi connectivity index (χ1n) is 6.26. The molecule has 0 aliphatic heterocycles. The minimum Gasteiger partial charge on any atom is -0.478 e. The van der Waals surface area contributed by atoms with Crippen LogP contribution >= 0.6 is 11.6 Å². The summed E-state index contributed by atoms with van der Waals surface area (Å²) in [6, 6.07) is 4.03. The smallest absolute Gasteiger partial charge is 0.213 e. The van der Waals surface area contributed by atoms with Crippen LogP contribution in [0.25, 0.3) is 0 Å². The number of hydrogen-bond acceptors (Lipinski definition) is 3. The highest BCUT2D eigenvalue weighted by Crippen LogP contribution is 2.18. The summed E-state index contributed by atoms with van der Waals surface area (Å²) in [5.74, 6) is 0.629. The Morgan fingerprint density at radius 2 is 2.28 bits per heavy atom. The summed E-state index contributed by atoms with van der Waals surface area (Å²) in [4.78, 5) is 4.40. The van der Waals surface area contributed by atoms with Crippen molar-refractivity contribution in [2.24, 2.45) is 0 Å². The molecule has 1 rings (SSSR count). The van der Waals surface area contributed by atoms with Crippen molar-refractivity contribution in [3.05, 3.63) is 35.5 Å². The average Bonchev–Trinajstić information content (AvgIpc) is 2.34. The number of hydrogen-bond donors (Lipinski definition) is 1. The maximum Gasteiger partial charge on any atom is 0.213 e. The summed E-state index contributed by atoms with van der Waals surface area (Å²) in [7, 11) is 0. The SMILES string of the molecule is C=CCCCOc1ccc(Cl)c(CNC(C)C)n1. The highest BCUT2D eigenvalue weighted by molar-refractivity contribution is 6.31. The Bertz CT molecular complexity index is 380. The van der Waals surface area contributed by atoms with Crippen LogP contribution < -0.4 is 10.1 Å². The van der Waals surface area contributed by atoms with Gasteiger partial charge < -0.3 is 10.1 Å². The van der Waals surface area contributed by atoms with Crippen LogP contribution in [0.15, 0.2) is 24.8 Å². The number of pyridine rings is 1. The molecule has 0 spiro atoms. The van der Waals surface area contributed by atoms with E-state index >= 15 is 0 Å². The molecule has 0 saturated carbocycles. The first-order chi connectivity index (χ1) is 8.63. The average molecular weight is 269 g/mol. The Hall–Kier alpha value is -1.06. The molecule has 0 radical (unpaired) electrons. The van der Waals surface area contributed by atoms with E-state index in [1.165, 1.54) is 0 Å². The molecule has 0 saturated heterocycles. The molecule has 4 heteroatoms. The lowest BCUT2D eigenvalue weighted by atomic mass is 10.3. The Morgan fingerprint density at radius 1 is 1.50 bits per heavy atom. The predicted octanol–water partition coefficient (Wildman–Crippen LogP) is 3.58. The molecule has 3 nitrogen and oxygen atoms in total. The highest BCUT2D eigenvalue weighted by Gasteiger charge is 2.05. The van der Waals surface area contributed by atoms with E-state index in [9.17, 15) is 0 Å². The van der Waals surface area contributed by atoms with E-state index in [-0.39, 0.29) is 0 Å². The van der Waals surface area contributed by atoms with Crippen LogP contribution in [-0.4, -0.2) is 17.6 Å². The van der Waals surface area contributed by atoms with Gasteiger partial charge in [-0.2, -0.15) is 0 Å². The number of halogens is 1. The Labute approximate surface area is 114 Å². The number of unbranched alkanes of at least 4 members (excludes halogenated alkanes) is 1. The normalized spacial score (nSPS) is 10.7. The molecule has 0 amide bonds. The third-order valence-corrected chi connectivity index (χ3v) is 2.72. The van der Waals surface area contributed by atoms with E-state index in [0.717, 1.165) is 18.5 Å². The molecule has 1 heterocycles. The molecule has 1 aromatic heterocycles. The van der Waals surface area contributed by atoms with Crippen molar-refractivity contribution in [2.45, 2.75) is 39.3 Å². The molecule has 0 aromatic carbocycles. The Morgan fingerprint density at radius 3 is 2.94 bits per heavy atom. The van der Waals surface area contributed by atoms with Crippen molar-refractivity contribution >= 4 is 11.6 Å². The van der Waals surface area contributed by atoms with Gasteiger partial charge >= 0.3 is 0 Å². The monoisotopic (exact) mass is 268 g/mol. The molecule has 1 aromatic rings. The number of rotatable bonds is 8. The second-order valence-electron chi connectivity index (χ2n) is 4.39. The standard InChI is InChI=1S/C14H21ClN2O/c1-4-5-6-9-18-14-8-7-12(15)13(17-14)10-16-11(2)3/h4,7-8,11,16H,1,5-6,9-10H2,2-3H3. The van der Waals surface area contributed by atoms with E-state index in [1.807, 2.05) is 12.1 Å². The van der Waals surface area contributed by atoms with Gasteiger partial charge in [-0.15, -0.1) is 6.58 Å². The van der Waals surface area contributed by atoms with E-state index in [0.29, 0.717) is 30.1 Å². The molecule has 0 unspecified atom stereocenters. The number of nitrogens with zero attached hydrogens (tertiary/aromatic N) is 1. The summed E-state index contributed by atoms with van der Waals surface area (Å²) in [6.07, 6.45) is 3.79. The summed E-state index contributed by atoms with van der Waals surface area (Å²) in [6.45, 7) is 9.15. The molecular weight excluding hydrogens is 248 g/mol. The molecule has 18 heavy (non-hydrogen) atoms. The third kappa shape index (κ3) is 5.52. The summed E-state index contributed by atoms with van der Waals surface area (Å²) >= 11 is 6.09. The molecule has 0 fully saturated rings. The minimum absolute atomic E-state index is 0.403. The van der Waals surface area contributed by atoms with E-state index in [2.05, 4.69) is 30.7 Å². The first kappa shape index (κ1) is 15.0. The fourth-order valence-electron chi connectivity index (χ4n) is 1.37. The van der Waals surface area contributed by atoms with Gasteiger partial charge in [0.25, 0.3) is 0 Å². The van der Waals surface area contributed by atoms with Crippen LogP contribution in [0, 0.1) is 0 Å². The van der Waals surface area contributed by atoms with Crippen molar-refractivity contribution < 1.29 is 4.74 Å². The zero-order chi connectivity index (χ0) is 13.4. The number of allylic oxidation sites excluding steroid dienone is 1. The van der Waals surface area contributed by atoms with Crippen LogP contribution in [0.3, 0.4) is 0 Å². The molecule has 0 aliphatic carbocycles. The van der Waals surface area contributed by atoms with Gasteiger partial charge in [0.15, 0.2) is 0 Å². The maximum atomic E-state index is 6.09. The largest absolute Gasteiger partial charge is 0.478 e. The second-order valence-corrected chi connectivity index (χ2v) is 4.80. The van der Waals surface area contributed by atoms with Crippen LogP contribution in [-0.2, 0) is 6.54 Å². The van der Waals surface area contributed by atoms with Crippen LogP contribution in [0.1, 0.15) is 32.4 Å². The molecule has 100 valence electrons. The zero-order valence-corrected chi connectivity index (χ0v) is 11.8. The fourth-order valence-corrected chi connectivity index (χ4v) is 1.55. The van der Waals surface area contributed by atoms with Crippen molar-refractivity contribution in [1.29, 1.82) is 0 Å². The van der Waals surface area contributed by atoms with Crippen molar-refractivity contribution in [3.8, 4) is 5.88 Å². The van der Waals surface area contributed by atoms with Crippen LogP contribution in [0.2, 0.25) is 5.02 Å². The van der Waals surface area contributed by atoms with Gasteiger partial charge in [-0.05, 0) is 18.9 Å². The minimum atomic E-state index is 0.403. The lowest BCUT2D eigenvalue weighted by Crippen LogP contribution is -2.22. The molecular formula is C14H21ClN2O. The van der Waals surface area contributed by atoms with Gasteiger partial charge in [0.05, 0.1) is 17.3 Å². The van der Waals surface area contributed by atoms with Gasteiger partial charge in [0, 0.05) is 18.7 Å². The lowest BCUT2D eigenvalue weighted by molar-refractivity contribution is 0.299. The van der Waals surface area contributed by atoms with Gasteiger partial charge in [-0.3, -0.25) is 0 Å². The zero-order valence-electron chi connectivity index (χ0n) is 11.1. The van der Waals surface area contributed by atoms with Crippen LogP contribution in [0.5, 0.6) is 5.88 Å². The fraction of sp³-hybridized carbons (Fsp3) is 0.500. The third-order valence-electron chi connectivity index (χ3n) is 2.37. The highest BCUT2D eigenvalue weighted by atomic mass is 35.5. The lowest BCUT2D eigenvalue weighted by Gasteiger charge is -2.11. The number of ether oxygens (including phenoxy) is 1. The van der Waals surface area contributed by atoms with Gasteiger partial charge in [-0.1, -0.05) is 31.5 Å². The summed E-state index contributed by atoms with van der Waals surface area (Å²) in [5.41, 5.74) is 0.826. The quantitative estimate of drug-likeness (QED) is 0.578. The molecule has 0 atom stereocenters. The van der Waals surface area contributed by atoms with Crippen molar-refractivity contribution in [3.63, 3.8) is 0 Å². The van der Waals surface area contributed by atoms with Gasteiger partial charge in [0.1, 0.15) is 0 Å². The topological polar surface area (TPSA) is 34.1 Å². The summed E-state index contributed by atoms with van der Waals surface area (Å²) in [5, 5.41) is 3.96. The number of aromatic nitrogens is 1. The number of nitrogens with one attached hydrogen (secondary N) is 1. The van der Waals surface area contributed by atoms with E-state index < -0.39 is 0 Å². The predicted molar refractivity (Wildman–Crippen MR) is 76.1 cm³/mol. The van der Waals surface area contributed by atoms with E-state index in [1.54, 1.807) is 6.07 Å². The van der Waals surface area contributed by atoms with Crippen molar-refractivity contribution in [1.82, 2.24) is 10.3 Å².